The van der Waals surface area contributed by atoms with Crippen LogP contribution in [0.25, 0.3) is 22.6 Å². The summed E-state index contributed by atoms with van der Waals surface area (Å²) in [7, 11) is 0. The summed E-state index contributed by atoms with van der Waals surface area (Å²) in [5, 5.41) is 6.19. The molecule has 1 saturated heterocycles. The Morgan fingerprint density at radius 2 is 1.98 bits per heavy atom. The van der Waals surface area contributed by atoms with Gasteiger partial charge in [0.25, 0.3) is 6.34 Å². The van der Waals surface area contributed by atoms with Gasteiger partial charge in [-0.05, 0) is 43.7 Å². The van der Waals surface area contributed by atoms with Crippen molar-refractivity contribution in [1.29, 1.82) is 0 Å². The third-order valence-corrected chi connectivity index (χ3v) is 6.72. The lowest BCUT2D eigenvalue weighted by molar-refractivity contribution is -0.504. The second-order valence-corrected chi connectivity index (χ2v) is 10.1. The number of carbonyl (C=O) groups excluding carboxylic acids is 1. The second kappa shape index (κ2) is 12.4. The van der Waals surface area contributed by atoms with Crippen molar-refractivity contribution in [2.45, 2.75) is 33.0 Å². The zero-order valence-electron chi connectivity index (χ0n) is 22.7. The van der Waals surface area contributed by atoms with Crippen molar-refractivity contribution < 1.29 is 23.2 Å². The summed E-state index contributed by atoms with van der Waals surface area (Å²) in [5.74, 6) is 0.474. The third-order valence-electron chi connectivity index (χ3n) is 6.72. The first-order chi connectivity index (χ1) is 19.4. The normalized spacial score (nSPS) is 20.4. The highest BCUT2D eigenvalue weighted by molar-refractivity contribution is 5.82. The number of imidazole rings is 1. The predicted molar refractivity (Wildman–Crippen MR) is 149 cm³/mol. The maximum Gasteiger partial charge on any atom is 0.281 e. The monoisotopic (exact) mass is 549 g/mol. The zero-order valence-corrected chi connectivity index (χ0v) is 22.7. The molecule has 5 rings (SSSR count). The fourth-order valence-electron chi connectivity index (χ4n) is 4.41. The van der Waals surface area contributed by atoms with Crippen LogP contribution in [-0.4, -0.2) is 82.4 Å². The molecule has 0 atom stereocenters. The molecule has 0 spiro atoms. The number of benzene rings is 1. The molecule has 0 saturated carbocycles. The lowest BCUT2D eigenvalue weighted by Crippen LogP contribution is -2.48. The average Bonchev–Trinajstić information content (AvgIpc) is 3.66. The number of aromatic nitrogens is 4. The molecule has 0 bridgehead atoms. The molecule has 0 aliphatic carbocycles. The number of ether oxygens (including phenoxy) is 2. The van der Waals surface area contributed by atoms with Crippen LogP contribution >= 0.6 is 0 Å². The molecule has 1 aromatic carbocycles. The maximum absolute atomic E-state index is 13.7. The summed E-state index contributed by atoms with van der Waals surface area (Å²) in [5.41, 5.74) is 1.71. The Labute approximate surface area is 232 Å². The highest BCUT2D eigenvalue weighted by atomic mass is 19.1. The number of H-pyrrole nitrogens is 1. The predicted octanol–water partition coefficient (Wildman–Crippen LogP) is 3.18. The van der Waals surface area contributed by atoms with Gasteiger partial charge in [-0.15, -0.1) is 0 Å². The van der Waals surface area contributed by atoms with Gasteiger partial charge in [0.15, 0.2) is 12.0 Å². The smallest absolute Gasteiger partial charge is 0.281 e. The van der Waals surface area contributed by atoms with Gasteiger partial charge < -0.3 is 25.1 Å². The van der Waals surface area contributed by atoms with Gasteiger partial charge >= 0.3 is 0 Å². The number of amides is 1. The SMILES string of the molecule is CCCNC(=O)C1(C)COC(c2nc(-c3ccc(F)cc3)c(-c3ccnc(NCCC[N+]4=CN=CC4)n3)[nH]2)OC1. The van der Waals surface area contributed by atoms with E-state index in [1.807, 2.05) is 26.4 Å². The molecule has 11 nitrogen and oxygen atoms in total. The molecular weight excluding hydrogens is 515 g/mol. The highest BCUT2D eigenvalue weighted by Gasteiger charge is 2.40. The molecule has 4 heterocycles. The maximum atomic E-state index is 13.7. The first kappa shape index (κ1) is 27.5. The standard InChI is InChI=1S/C28H33FN8O3/c1-3-10-31-26(38)28(2)16-39-25(40-17-28)24-35-22(19-5-7-20(29)8-6-19)23(36-24)21-9-12-33-27(34-21)32-11-4-14-37-15-13-30-18-37/h5-9,12-13,18,25H,3-4,10-11,14-17H2,1-2H3,(H2-,31,32,33,34,35,36,38)/p+1. The van der Waals surface area contributed by atoms with Crippen molar-refractivity contribution in [1.82, 2.24) is 25.3 Å². The van der Waals surface area contributed by atoms with Gasteiger partial charge in [0.05, 0.1) is 42.3 Å². The van der Waals surface area contributed by atoms with Crippen LogP contribution in [0.4, 0.5) is 10.3 Å². The van der Waals surface area contributed by atoms with E-state index in [-0.39, 0.29) is 24.9 Å². The summed E-state index contributed by atoms with van der Waals surface area (Å²) in [6.45, 7) is 7.18. The number of hydrogen-bond donors (Lipinski definition) is 3. The minimum Gasteiger partial charge on any atom is -0.355 e. The quantitative estimate of drug-likeness (QED) is 0.247. The molecule has 2 aliphatic rings. The van der Waals surface area contributed by atoms with E-state index in [9.17, 15) is 9.18 Å². The zero-order chi connectivity index (χ0) is 28.0. The van der Waals surface area contributed by atoms with Crippen LogP contribution in [0.1, 0.15) is 38.8 Å². The molecule has 3 aromatic rings. The molecule has 1 fully saturated rings. The molecule has 40 heavy (non-hydrogen) atoms. The topological polar surface area (TPSA) is 129 Å². The Hall–Kier alpha value is -4.03. The van der Waals surface area contributed by atoms with Gasteiger partial charge in [0.1, 0.15) is 12.4 Å². The van der Waals surface area contributed by atoms with Gasteiger partial charge in [-0.25, -0.2) is 19.3 Å². The van der Waals surface area contributed by atoms with Crippen LogP contribution in [-0.2, 0) is 14.3 Å². The molecule has 1 amide bonds. The molecule has 12 heteroatoms. The summed E-state index contributed by atoms with van der Waals surface area (Å²) in [6, 6.07) is 7.88. The first-order valence-corrected chi connectivity index (χ1v) is 13.5. The first-order valence-electron chi connectivity index (χ1n) is 13.5. The van der Waals surface area contributed by atoms with Crippen molar-refractivity contribution in [2.24, 2.45) is 10.4 Å². The van der Waals surface area contributed by atoms with E-state index in [0.717, 1.165) is 25.9 Å². The number of nitrogens with one attached hydrogen (secondary N) is 3. The molecule has 2 aromatic heterocycles. The van der Waals surface area contributed by atoms with E-state index in [1.54, 1.807) is 24.4 Å². The number of anilines is 1. The second-order valence-electron chi connectivity index (χ2n) is 10.1. The van der Waals surface area contributed by atoms with E-state index in [1.165, 1.54) is 12.1 Å². The summed E-state index contributed by atoms with van der Waals surface area (Å²) in [6.07, 6.45) is 6.34. The fourth-order valence-corrected chi connectivity index (χ4v) is 4.41. The van der Waals surface area contributed by atoms with E-state index in [0.29, 0.717) is 47.5 Å². The molecule has 2 aliphatic heterocycles. The van der Waals surface area contributed by atoms with Crippen LogP contribution in [0.15, 0.2) is 41.5 Å². The fraction of sp³-hybridized carbons (Fsp3) is 0.429. The Balaban J connectivity index is 1.34. The Bertz CT molecular complexity index is 1380. The molecular formula is C28H34FN8O3+. The Morgan fingerprint density at radius 3 is 2.70 bits per heavy atom. The van der Waals surface area contributed by atoms with Crippen molar-refractivity contribution >= 4 is 24.4 Å². The van der Waals surface area contributed by atoms with Gasteiger partial charge in [0, 0.05) is 31.3 Å². The van der Waals surface area contributed by atoms with Crippen LogP contribution in [0.2, 0.25) is 0 Å². The van der Waals surface area contributed by atoms with Crippen LogP contribution < -0.4 is 10.6 Å². The minimum absolute atomic E-state index is 0.104. The highest BCUT2D eigenvalue weighted by Crippen LogP contribution is 2.35. The summed E-state index contributed by atoms with van der Waals surface area (Å²) < 4.78 is 27.8. The van der Waals surface area contributed by atoms with Crippen molar-refractivity contribution in [3.63, 3.8) is 0 Å². The lowest BCUT2D eigenvalue weighted by Gasteiger charge is -2.35. The molecule has 210 valence electrons. The minimum atomic E-state index is -0.800. The number of hydrogen-bond acceptors (Lipinski definition) is 8. The van der Waals surface area contributed by atoms with Gasteiger partial charge in [-0.3, -0.25) is 9.37 Å². The summed E-state index contributed by atoms with van der Waals surface area (Å²) in [4.78, 5) is 33.9. The number of nitrogens with zero attached hydrogens (tertiary/aromatic N) is 5. The average molecular weight is 550 g/mol. The summed E-state index contributed by atoms with van der Waals surface area (Å²) >= 11 is 0. The van der Waals surface area contributed by atoms with Gasteiger partial charge in [0.2, 0.25) is 18.1 Å². The van der Waals surface area contributed by atoms with Crippen LogP contribution in [0.3, 0.4) is 0 Å². The Kier molecular flexibility index (Phi) is 8.56. The largest absolute Gasteiger partial charge is 0.355 e. The third kappa shape index (κ3) is 6.40. The van der Waals surface area contributed by atoms with E-state index in [4.69, 9.17) is 19.4 Å². The molecule has 0 radical (unpaired) electrons. The van der Waals surface area contributed by atoms with E-state index < -0.39 is 11.7 Å². The number of aliphatic imine (C=N–C) groups is 1. The molecule has 3 N–H and O–H groups in total. The Morgan fingerprint density at radius 1 is 1.18 bits per heavy atom. The lowest BCUT2D eigenvalue weighted by atomic mass is 9.91. The van der Waals surface area contributed by atoms with Crippen molar-refractivity contribution in [3.8, 4) is 22.6 Å². The van der Waals surface area contributed by atoms with E-state index >= 15 is 0 Å². The van der Waals surface area contributed by atoms with E-state index in [2.05, 4.69) is 30.2 Å². The van der Waals surface area contributed by atoms with Gasteiger partial charge in [-0.2, -0.15) is 0 Å². The molecule has 0 unspecified atom stereocenters. The van der Waals surface area contributed by atoms with Crippen molar-refractivity contribution in [3.05, 3.63) is 48.2 Å². The number of aromatic amines is 1. The number of rotatable bonds is 11. The van der Waals surface area contributed by atoms with Crippen LogP contribution in [0.5, 0.6) is 0 Å². The van der Waals surface area contributed by atoms with Gasteiger partial charge in [-0.1, -0.05) is 11.9 Å². The van der Waals surface area contributed by atoms with Crippen molar-refractivity contribution in [2.75, 3.05) is 44.7 Å². The number of carbonyl (C=O) groups is 1. The number of halogens is 1. The van der Waals surface area contributed by atoms with Crippen LogP contribution in [0, 0.1) is 11.2 Å².